The van der Waals surface area contributed by atoms with Gasteiger partial charge < -0.3 is 24.7 Å². The number of allylic oxidation sites excluding steroid dienone is 1. The quantitative estimate of drug-likeness (QED) is 0.0755. The third-order valence-electron chi connectivity index (χ3n) is 15.1. The molecule has 5 aliphatic rings. The lowest BCUT2D eigenvalue weighted by atomic mass is 9.69. The SMILES string of the molecule is O=C(NS(=O)(=O)c1ccc(NC2CCC(N3CCOCC3)CC2)c([N+](=O)[O-])c1)c1ccc(N2CCN(CC3=C(c4ccc(Cl)cc4)CCC4(CCCC4)C3)CC2)cc1Oc1ccnc2[nH]ccc12. The number of piperazine rings is 1. The van der Waals surface area contributed by atoms with Crippen LogP contribution in [0.5, 0.6) is 11.5 Å². The summed E-state index contributed by atoms with van der Waals surface area (Å²) in [5.41, 5.74) is 5.96. The summed E-state index contributed by atoms with van der Waals surface area (Å²) in [6.07, 6.45) is 15.6. The average molecular weight is 964 g/mol. The predicted octanol–water partition coefficient (Wildman–Crippen LogP) is 9.41. The average Bonchev–Trinajstić information content (AvgIpc) is 4.03. The first-order valence-electron chi connectivity index (χ1n) is 24.1. The Morgan fingerprint density at radius 1 is 0.912 bits per heavy atom. The highest BCUT2D eigenvalue weighted by Gasteiger charge is 2.39. The number of nitro groups is 1. The van der Waals surface area contributed by atoms with Crippen molar-refractivity contribution in [3.63, 3.8) is 0 Å². The van der Waals surface area contributed by atoms with Crippen LogP contribution in [0.3, 0.4) is 0 Å². The van der Waals surface area contributed by atoms with Crippen molar-refractivity contribution in [2.45, 2.75) is 87.6 Å². The van der Waals surface area contributed by atoms with Crippen LogP contribution in [0.25, 0.3) is 16.6 Å². The molecule has 3 aliphatic carbocycles. The number of nitrogens with zero attached hydrogens (tertiary/aromatic N) is 5. The van der Waals surface area contributed by atoms with E-state index in [1.165, 1.54) is 55.4 Å². The second kappa shape index (κ2) is 19.8. The molecule has 68 heavy (non-hydrogen) atoms. The molecule has 1 spiro atoms. The van der Waals surface area contributed by atoms with Crippen LogP contribution in [0.1, 0.15) is 86.6 Å². The molecule has 4 heterocycles. The first-order valence-corrected chi connectivity index (χ1v) is 26.0. The third-order valence-corrected chi connectivity index (χ3v) is 16.7. The van der Waals surface area contributed by atoms with Crippen molar-refractivity contribution in [3.8, 4) is 11.5 Å². The van der Waals surface area contributed by atoms with E-state index < -0.39 is 25.7 Å². The summed E-state index contributed by atoms with van der Waals surface area (Å²) < 4.78 is 42.0. The fourth-order valence-electron chi connectivity index (χ4n) is 11.4. The highest BCUT2D eigenvalue weighted by molar-refractivity contribution is 7.90. The number of aromatic amines is 1. The number of sulfonamides is 1. The number of aromatic nitrogens is 2. The van der Waals surface area contributed by atoms with Gasteiger partial charge in [0.25, 0.3) is 21.6 Å². The third kappa shape index (κ3) is 10.1. The van der Waals surface area contributed by atoms with E-state index in [4.69, 9.17) is 21.1 Å². The van der Waals surface area contributed by atoms with Crippen molar-refractivity contribution in [1.82, 2.24) is 24.5 Å². The fraction of sp³-hybridized carbons (Fsp3) is 0.451. The van der Waals surface area contributed by atoms with Gasteiger partial charge in [-0.1, -0.05) is 42.1 Å². The zero-order valence-electron chi connectivity index (χ0n) is 38.3. The number of hydrogen-bond donors (Lipinski definition) is 3. The molecule has 10 rings (SSSR count). The Morgan fingerprint density at radius 2 is 1.68 bits per heavy atom. The highest BCUT2D eigenvalue weighted by Crippen LogP contribution is 2.52. The van der Waals surface area contributed by atoms with Crippen molar-refractivity contribution in [1.29, 1.82) is 0 Å². The van der Waals surface area contributed by atoms with Gasteiger partial charge in [-0.25, -0.2) is 18.1 Å². The molecule has 358 valence electrons. The maximum Gasteiger partial charge on any atom is 0.293 e. The molecule has 2 aromatic heterocycles. The van der Waals surface area contributed by atoms with Crippen LogP contribution in [-0.4, -0.2) is 110 Å². The molecule has 2 aliphatic heterocycles. The number of H-pyrrole nitrogens is 1. The number of halogens is 1. The van der Waals surface area contributed by atoms with Gasteiger partial charge in [-0.2, -0.15) is 0 Å². The summed E-state index contributed by atoms with van der Waals surface area (Å²) in [5, 5.41) is 17.1. The lowest BCUT2D eigenvalue weighted by Gasteiger charge is -2.41. The molecular formula is C51H59ClN8O7S. The number of hydrogen-bond acceptors (Lipinski definition) is 12. The number of anilines is 2. The van der Waals surface area contributed by atoms with Gasteiger partial charge in [0.15, 0.2) is 0 Å². The summed E-state index contributed by atoms with van der Waals surface area (Å²) in [7, 11) is -4.57. The van der Waals surface area contributed by atoms with Crippen LogP contribution in [-0.2, 0) is 14.8 Å². The Hall–Kier alpha value is -5.52. The van der Waals surface area contributed by atoms with Gasteiger partial charge in [0, 0.05) is 93.1 Å². The second-order valence-electron chi connectivity index (χ2n) is 19.2. The number of ether oxygens (including phenoxy) is 2. The molecule has 3 N–H and O–H groups in total. The lowest BCUT2D eigenvalue weighted by molar-refractivity contribution is -0.384. The number of pyridine rings is 1. The number of rotatable bonds is 13. The fourth-order valence-corrected chi connectivity index (χ4v) is 12.5. The van der Waals surface area contributed by atoms with E-state index in [1.54, 1.807) is 36.2 Å². The first-order chi connectivity index (χ1) is 33.0. The number of benzene rings is 3. The molecule has 5 aromatic rings. The maximum absolute atomic E-state index is 14.1. The van der Waals surface area contributed by atoms with Crippen molar-refractivity contribution < 1.29 is 27.6 Å². The Kier molecular flexibility index (Phi) is 13.5. The molecule has 0 unspecified atom stereocenters. The zero-order chi connectivity index (χ0) is 46.8. The van der Waals surface area contributed by atoms with Crippen LogP contribution < -0.4 is 19.7 Å². The van der Waals surface area contributed by atoms with Crippen molar-refractivity contribution >= 4 is 61.2 Å². The Bertz CT molecular complexity index is 2790. The van der Waals surface area contributed by atoms with Crippen LogP contribution in [0.15, 0.2) is 95.7 Å². The first kappa shape index (κ1) is 46.2. The zero-order valence-corrected chi connectivity index (χ0v) is 39.8. The molecular weight excluding hydrogens is 904 g/mol. The standard InChI is InChI=1S/C51H59ClN8O7S/c52-37-5-3-35(4-6-37)42-15-20-51(18-1-2-19-51)33-36(42)34-57-23-25-58(26-24-57)40-11-13-44(48(31-40)67-47-17-22-54-49-43(47)16-21-53-49)50(61)56-68(64,65)41-12-14-45(46(32-41)60(62)63)55-38-7-9-39(10-8-38)59-27-29-66-30-28-59/h3-6,11-14,16-17,21-22,31-32,38-39,55H,1-2,7-10,15,18-20,23-30,33-34H2,(H,53,54)(H,56,61). The largest absolute Gasteiger partial charge is 0.456 e. The van der Waals surface area contributed by atoms with Crippen LogP contribution in [0.4, 0.5) is 17.1 Å². The minimum absolute atomic E-state index is 0.00340. The number of amides is 1. The van der Waals surface area contributed by atoms with Gasteiger partial charge in [-0.05, 0) is 123 Å². The van der Waals surface area contributed by atoms with Crippen LogP contribution in [0.2, 0.25) is 5.02 Å². The van der Waals surface area contributed by atoms with E-state index in [2.05, 4.69) is 46.8 Å². The minimum Gasteiger partial charge on any atom is -0.456 e. The summed E-state index contributed by atoms with van der Waals surface area (Å²) in [6, 6.07) is 21.2. The summed E-state index contributed by atoms with van der Waals surface area (Å²) >= 11 is 6.30. The number of fused-ring (bicyclic) bond motifs is 1. The maximum atomic E-state index is 14.1. The van der Waals surface area contributed by atoms with Crippen molar-refractivity contribution in [2.24, 2.45) is 5.41 Å². The number of carbonyl (C=O) groups excluding carboxylic acids is 1. The van der Waals surface area contributed by atoms with Crippen molar-refractivity contribution in [3.05, 3.63) is 117 Å². The molecule has 3 aromatic carbocycles. The van der Waals surface area contributed by atoms with Crippen molar-refractivity contribution in [2.75, 3.05) is 69.2 Å². The van der Waals surface area contributed by atoms with Gasteiger partial charge in [-0.15, -0.1) is 0 Å². The summed E-state index contributed by atoms with van der Waals surface area (Å²) in [5.74, 6) is -0.349. The van der Waals surface area contributed by atoms with Gasteiger partial charge >= 0.3 is 0 Å². The monoisotopic (exact) mass is 962 g/mol. The normalized spacial score (nSPS) is 21.6. The number of morpholine rings is 1. The van der Waals surface area contributed by atoms with Crippen LogP contribution in [0, 0.1) is 15.5 Å². The Balaban J connectivity index is 0.851. The van der Waals surface area contributed by atoms with E-state index in [-0.39, 0.29) is 28.7 Å². The van der Waals surface area contributed by atoms with E-state index in [9.17, 15) is 23.3 Å². The molecule has 0 bridgehead atoms. The van der Waals surface area contributed by atoms with E-state index in [0.29, 0.717) is 28.2 Å². The molecule has 2 saturated heterocycles. The van der Waals surface area contributed by atoms with Gasteiger partial charge in [0.1, 0.15) is 22.8 Å². The number of nitrogens with one attached hydrogen (secondary N) is 3. The Labute approximate surface area is 402 Å². The summed E-state index contributed by atoms with van der Waals surface area (Å²) in [6.45, 7) is 7.36. The highest BCUT2D eigenvalue weighted by atomic mass is 35.5. The molecule has 17 heteroatoms. The molecule has 0 atom stereocenters. The smallest absolute Gasteiger partial charge is 0.293 e. The Morgan fingerprint density at radius 3 is 2.43 bits per heavy atom. The van der Waals surface area contributed by atoms with E-state index in [1.807, 2.05) is 24.3 Å². The number of carbonyl (C=O) groups is 1. The van der Waals surface area contributed by atoms with Crippen LogP contribution >= 0.6 is 11.6 Å². The second-order valence-corrected chi connectivity index (χ2v) is 21.4. The van der Waals surface area contributed by atoms with Gasteiger partial charge in [0.2, 0.25) is 0 Å². The van der Waals surface area contributed by atoms with E-state index in [0.717, 1.165) is 114 Å². The molecule has 15 nitrogen and oxygen atoms in total. The molecule has 4 fully saturated rings. The predicted molar refractivity (Wildman–Crippen MR) is 264 cm³/mol. The topological polar surface area (TPSA) is 175 Å². The lowest BCUT2D eigenvalue weighted by Crippen LogP contribution is -2.47. The van der Waals surface area contributed by atoms with Gasteiger partial charge in [0.05, 0.1) is 34.0 Å². The minimum atomic E-state index is -4.57. The van der Waals surface area contributed by atoms with E-state index >= 15 is 0 Å². The molecule has 2 saturated carbocycles. The summed E-state index contributed by atoms with van der Waals surface area (Å²) in [4.78, 5) is 40.2. The molecule has 0 radical (unpaired) electrons. The van der Waals surface area contributed by atoms with Gasteiger partial charge in [-0.3, -0.25) is 24.7 Å². The molecule has 1 amide bonds. The number of nitro benzene ring substituents is 1.